The Balaban J connectivity index is 1.06. The lowest BCUT2D eigenvalue weighted by atomic mass is 9.95. The Morgan fingerprint density at radius 3 is 2.56 bits per heavy atom. The summed E-state index contributed by atoms with van der Waals surface area (Å²) in [6.45, 7) is 3.87. The first-order valence-corrected chi connectivity index (χ1v) is 15.8. The van der Waals surface area contributed by atoms with Crippen LogP contribution in [0.15, 0.2) is 66.7 Å². The molecule has 1 aromatic heterocycles. The zero-order chi connectivity index (χ0) is 31.3. The van der Waals surface area contributed by atoms with E-state index in [-0.39, 0.29) is 36.1 Å². The van der Waals surface area contributed by atoms with E-state index < -0.39 is 0 Å². The molecule has 10 heteroatoms. The number of hydrogen-bond donors (Lipinski definition) is 2. The zero-order valence-electron chi connectivity index (χ0n) is 25.8. The number of carbonyl (C=O) groups is 2. The number of fused-ring (bicyclic) bond motifs is 1. The number of rotatable bonds is 11. The van der Waals surface area contributed by atoms with Crippen molar-refractivity contribution in [1.82, 2.24) is 19.8 Å². The van der Waals surface area contributed by atoms with Crippen molar-refractivity contribution in [2.24, 2.45) is 5.73 Å². The molecule has 2 atom stereocenters. The van der Waals surface area contributed by atoms with Crippen molar-refractivity contribution < 1.29 is 18.7 Å². The van der Waals surface area contributed by atoms with Gasteiger partial charge >= 0.3 is 6.03 Å². The van der Waals surface area contributed by atoms with Gasteiger partial charge in [-0.1, -0.05) is 42.5 Å². The lowest BCUT2D eigenvalue weighted by molar-refractivity contribution is -0.132. The Kier molecular flexibility index (Phi) is 9.42. The lowest BCUT2D eigenvalue weighted by Gasteiger charge is -2.33. The number of nitrogens with two attached hydrogens (primary N) is 1. The van der Waals surface area contributed by atoms with Gasteiger partial charge in [0, 0.05) is 70.5 Å². The molecule has 3 N–H and O–H groups in total. The van der Waals surface area contributed by atoms with Crippen LogP contribution in [0.3, 0.4) is 0 Å². The van der Waals surface area contributed by atoms with Crippen LogP contribution in [0.4, 0.5) is 14.9 Å². The molecule has 2 fully saturated rings. The normalized spacial score (nSPS) is 17.6. The van der Waals surface area contributed by atoms with Crippen molar-refractivity contribution in [3.05, 3.63) is 83.9 Å². The largest absolute Gasteiger partial charge is 0.385 e. The maximum absolute atomic E-state index is 14.7. The van der Waals surface area contributed by atoms with E-state index >= 15 is 0 Å². The maximum atomic E-state index is 14.7. The first-order chi connectivity index (χ1) is 21.9. The standard InChI is InChI=1S/C35H41FN6O3/c1-45-20-4-18-42-31-7-2-6-30(36)33(31)39-34(42)27-5-3-17-40(23-27)32(43)22-28(37)21-24-8-10-25(11-9-24)26-12-14-29(15-13-26)41-19-16-38-35(41)44/h2,6-15,27-28H,3-5,16-23,37H2,1H3,(H,38,44)/t27-,28-/m1/s1. The average Bonchev–Trinajstić information content (AvgIpc) is 3.66. The van der Waals surface area contributed by atoms with Crippen LogP contribution in [0.25, 0.3) is 22.2 Å². The number of ether oxygens (including phenoxy) is 1. The number of nitrogens with one attached hydrogen (secondary N) is 1. The minimum atomic E-state index is -0.326. The van der Waals surface area contributed by atoms with Crippen LogP contribution in [0, 0.1) is 5.82 Å². The smallest absolute Gasteiger partial charge is 0.321 e. The first kappa shape index (κ1) is 30.7. The molecule has 45 heavy (non-hydrogen) atoms. The van der Waals surface area contributed by atoms with E-state index in [1.54, 1.807) is 18.1 Å². The SMILES string of the molecule is COCCCn1c([C@@H]2CCCN(C(=O)C[C@H](N)Cc3ccc(-c4ccc(N5CCNC5=O)cc4)cc3)C2)nc2c(F)cccc21. The van der Waals surface area contributed by atoms with Gasteiger partial charge in [-0.15, -0.1) is 0 Å². The van der Waals surface area contributed by atoms with Crippen LogP contribution in [-0.2, 0) is 22.5 Å². The van der Waals surface area contributed by atoms with E-state index in [9.17, 15) is 14.0 Å². The Bertz CT molecular complexity index is 1640. The molecule has 3 aromatic carbocycles. The molecule has 3 amide bonds. The molecule has 9 nitrogen and oxygen atoms in total. The van der Waals surface area contributed by atoms with Gasteiger partial charge in [0.15, 0.2) is 5.82 Å². The Hall–Kier alpha value is -4.28. The number of para-hydroxylation sites is 1. The molecule has 2 aliphatic heterocycles. The zero-order valence-corrected chi connectivity index (χ0v) is 25.8. The van der Waals surface area contributed by atoms with Gasteiger partial charge in [0.1, 0.15) is 11.3 Å². The van der Waals surface area contributed by atoms with E-state index in [4.69, 9.17) is 15.5 Å². The fourth-order valence-electron chi connectivity index (χ4n) is 6.57. The van der Waals surface area contributed by atoms with Gasteiger partial charge in [-0.05, 0) is 66.6 Å². The van der Waals surface area contributed by atoms with Crippen LogP contribution in [0.1, 0.15) is 43.0 Å². The second-order valence-corrected chi connectivity index (χ2v) is 12.1. The summed E-state index contributed by atoms with van der Waals surface area (Å²) in [5, 5.41) is 2.83. The summed E-state index contributed by atoms with van der Waals surface area (Å²) in [6.07, 6.45) is 3.42. The third-order valence-corrected chi connectivity index (χ3v) is 8.89. The van der Waals surface area contributed by atoms with Crippen LogP contribution < -0.4 is 16.0 Å². The first-order valence-electron chi connectivity index (χ1n) is 15.8. The average molecular weight is 613 g/mol. The predicted octanol–water partition coefficient (Wildman–Crippen LogP) is 5.07. The third kappa shape index (κ3) is 6.87. The molecule has 0 aliphatic carbocycles. The number of halogens is 1. The van der Waals surface area contributed by atoms with E-state index in [1.165, 1.54) is 6.07 Å². The monoisotopic (exact) mass is 612 g/mol. The minimum Gasteiger partial charge on any atom is -0.385 e. The Morgan fingerprint density at radius 2 is 1.84 bits per heavy atom. The van der Waals surface area contributed by atoms with Gasteiger partial charge in [0.05, 0.1) is 5.52 Å². The van der Waals surface area contributed by atoms with Gasteiger partial charge in [0.25, 0.3) is 0 Å². The fraction of sp³-hybridized carbons (Fsp3) is 0.400. The van der Waals surface area contributed by atoms with Crippen molar-refractivity contribution >= 4 is 28.7 Å². The number of nitrogens with zero attached hydrogens (tertiary/aromatic N) is 4. The number of hydrogen-bond acceptors (Lipinski definition) is 5. The summed E-state index contributed by atoms with van der Waals surface area (Å²) >= 11 is 0. The topological polar surface area (TPSA) is 106 Å². The van der Waals surface area contributed by atoms with Crippen molar-refractivity contribution in [2.45, 2.75) is 50.6 Å². The Morgan fingerprint density at radius 1 is 1.09 bits per heavy atom. The molecule has 0 radical (unpaired) electrons. The molecule has 0 saturated carbocycles. The van der Waals surface area contributed by atoms with Crippen LogP contribution in [0.2, 0.25) is 0 Å². The summed E-state index contributed by atoms with van der Waals surface area (Å²) in [5.41, 5.74) is 11.8. The summed E-state index contributed by atoms with van der Waals surface area (Å²) in [4.78, 5) is 33.7. The highest BCUT2D eigenvalue weighted by Crippen LogP contribution is 2.31. The van der Waals surface area contributed by atoms with Crippen molar-refractivity contribution in [2.75, 3.05) is 44.8 Å². The Labute approximate surface area is 263 Å². The second-order valence-electron chi connectivity index (χ2n) is 12.1. The van der Waals surface area contributed by atoms with Crippen molar-refractivity contribution in [1.29, 1.82) is 0 Å². The minimum absolute atomic E-state index is 0.0300. The fourth-order valence-corrected chi connectivity index (χ4v) is 6.57. The number of benzene rings is 3. The number of anilines is 1. The molecule has 2 saturated heterocycles. The van der Waals surface area contributed by atoms with Gasteiger partial charge in [-0.2, -0.15) is 0 Å². The summed E-state index contributed by atoms with van der Waals surface area (Å²) < 4.78 is 22.0. The molecule has 4 aromatic rings. The highest BCUT2D eigenvalue weighted by molar-refractivity contribution is 5.94. The highest BCUT2D eigenvalue weighted by atomic mass is 19.1. The van der Waals surface area contributed by atoms with E-state index in [2.05, 4.69) is 34.1 Å². The van der Waals surface area contributed by atoms with Gasteiger partial charge in [-0.3, -0.25) is 9.69 Å². The maximum Gasteiger partial charge on any atom is 0.321 e. The number of piperidine rings is 1. The van der Waals surface area contributed by atoms with Crippen molar-refractivity contribution in [3.8, 4) is 11.1 Å². The van der Waals surface area contributed by atoms with Crippen LogP contribution in [0.5, 0.6) is 0 Å². The third-order valence-electron chi connectivity index (χ3n) is 8.89. The molecule has 3 heterocycles. The van der Waals surface area contributed by atoms with Crippen LogP contribution >= 0.6 is 0 Å². The number of likely N-dealkylation sites (tertiary alicyclic amines) is 1. The predicted molar refractivity (Wildman–Crippen MR) is 174 cm³/mol. The van der Waals surface area contributed by atoms with Gasteiger partial charge in [-0.25, -0.2) is 14.2 Å². The number of aryl methyl sites for hydroxylation is 1. The number of urea groups is 1. The molecule has 6 rings (SSSR count). The molecule has 0 bridgehead atoms. The highest BCUT2D eigenvalue weighted by Gasteiger charge is 2.30. The van der Waals surface area contributed by atoms with Gasteiger partial charge in [0.2, 0.25) is 5.91 Å². The quantitative estimate of drug-likeness (QED) is 0.230. The number of amides is 3. The molecular weight excluding hydrogens is 571 g/mol. The summed E-state index contributed by atoms with van der Waals surface area (Å²) in [5.74, 6) is 0.586. The number of methoxy groups -OCH3 is 1. The number of imidazole rings is 1. The molecule has 2 aliphatic rings. The van der Waals surface area contributed by atoms with E-state index in [0.29, 0.717) is 51.3 Å². The van der Waals surface area contributed by atoms with E-state index in [1.807, 2.05) is 35.2 Å². The molecule has 236 valence electrons. The van der Waals surface area contributed by atoms with Crippen LogP contribution in [-0.4, -0.2) is 72.3 Å². The second kappa shape index (κ2) is 13.8. The van der Waals surface area contributed by atoms with E-state index in [0.717, 1.165) is 53.0 Å². The lowest BCUT2D eigenvalue weighted by Crippen LogP contribution is -2.42. The number of carbonyl (C=O) groups excluding carboxylic acids is 2. The molecule has 0 unspecified atom stereocenters. The summed E-state index contributed by atoms with van der Waals surface area (Å²) in [6, 6.07) is 20.9. The summed E-state index contributed by atoms with van der Waals surface area (Å²) in [7, 11) is 1.68. The molecular formula is C35H41FN6O3. The van der Waals surface area contributed by atoms with Gasteiger partial charge < -0.3 is 25.3 Å². The van der Waals surface area contributed by atoms with Crippen molar-refractivity contribution in [3.63, 3.8) is 0 Å². The number of aromatic nitrogens is 2. The molecule has 0 spiro atoms.